The molecule has 1 fully saturated rings. The lowest BCUT2D eigenvalue weighted by atomic mass is 10.0. The molecule has 0 bridgehead atoms. The highest BCUT2D eigenvalue weighted by molar-refractivity contribution is 5.72. The molecule has 1 atom stereocenters. The third-order valence-electron chi connectivity index (χ3n) is 3.89. The molecule has 1 aliphatic rings. The first-order valence-corrected chi connectivity index (χ1v) is 6.87. The minimum absolute atomic E-state index is 0.00365. The summed E-state index contributed by atoms with van der Waals surface area (Å²) in [6.07, 6.45) is 3.32. The minimum atomic E-state index is -2.53. The van der Waals surface area contributed by atoms with Gasteiger partial charge in [0.05, 0.1) is 12.7 Å². The zero-order chi connectivity index (χ0) is 14.8. The molecule has 0 aromatic carbocycles. The van der Waals surface area contributed by atoms with Crippen LogP contribution in [0, 0.1) is 5.92 Å². The molecule has 1 heterocycles. The number of carbonyl (C=O) groups is 1. The molecule has 0 aliphatic heterocycles. The van der Waals surface area contributed by atoms with Crippen molar-refractivity contribution < 1.29 is 13.6 Å². The fraction of sp³-hybridized carbons (Fsp3) is 0.769. The normalized spacial score (nSPS) is 21.1. The van der Waals surface area contributed by atoms with Crippen molar-refractivity contribution >= 4 is 5.91 Å². The summed E-state index contributed by atoms with van der Waals surface area (Å²) in [5, 5.41) is 7.87. The Kier molecular flexibility index (Phi) is 4.35. The van der Waals surface area contributed by atoms with Gasteiger partial charge < -0.3 is 4.90 Å². The Labute approximate surface area is 116 Å². The molecular weight excluding hydrogens is 266 g/mol. The van der Waals surface area contributed by atoms with Crippen LogP contribution in [0.3, 0.4) is 0 Å². The molecular formula is C13H20F2N4O. The van der Waals surface area contributed by atoms with Gasteiger partial charge in [0.1, 0.15) is 5.69 Å². The predicted molar refractivity (Wildman–Crippen MR) is 69.1 cm³/mol. The molecule has 1 amide bonds. The number of hydrogen-bond donors (Lipinski definition) is 0. The van der Waals surface area contributed by atoms with Crippen molar-refractivity contribution in [3.63, 3.8) is 0 Å². The Bertz CT molecular complexity index is 475. The average molecular weight is 286 g/mol. The van der Waals surface area contributed by atoms with E-state index in [-0.39, 0.29) is 12.3 Å². The molecule has 2 rings (SSSR count). The van der Waals surface area contributed by atoms with Crippen LogP contribution in [-0.4, -0.2) is 38.8 Å². The van der Waals surface area contributed by atoms with Crippen molar-refractivity contribution in [2.24, 2.45) is 5.92 Å². The maximum absolute atomic E-state index is 13.5. The summed E-state index contributed by atoms with van der Waals surface area (Å²) >= 11 is 0. The monoisotopic (exact) mass is 286 g/mol. The number of aromatic nitrogens is 3. The van der Waals surface area contributed by atoms with E-state index in [0.717, 1.165) is 0 Å². The van der Waals surface area contributed by atoms with Crippen LogP contribution < -0.4 is 0 Å². The summed E-state index contributed by atoms with van der Waals surface area (Å²) in [6, 6.07) is 0. The van der Waals surface area contributed by atoms with Gasteiger partial charge in [-0.15, -0.1) is 5.10 Å². The maximum atomic E-state index is 13.5. The lowest BCUT2D eigenvalue weighted by Crippen LogP contribution is -2.23. The predicted octanol–water partition coefficient (Wildman–Crippen LogP) is 2.08. The van der Waals surface area contributed by atoms with Crippen LogP contribution in [0.15, 0.2) is 6.20 Å². The van der Waals surface area contributed by atoms with Gasteiger partial charge in [-0.05, 0) is 19.3 Å². The standard InChI is InChI=1S/C13H20F2N4O/c1-10(20)18(2)8-12-9-19(17-16-12)7-5-11-4-3-6-13(11,14)15/h9,11H,3-8H2,1-2H3. The second-order valence-corrected chi connectivity index (χ2v) is 5.49. The molecule has 5 nitrogen and oxygen atoms in total. The topological polar surface area (TPSA) is 51.0 Å². The number of hydrogen-bond acceptors (Lipinski definition) is 3. The second kappa shape index (κ2) is 5.85. The van der Waals surface area contributed by atoms with Gasteiger partial charge >= 0.3 is 0 Å². The van der Waals surface area contributed by atoms with E-state index < -0.39 is 11.8 Å². The van der Waals surface area contributed by atoms with Crippen LogP contribution in [0.25, 0.3) is 0 Å². The van der Waals surface area contributed by atoms with Crippen molar-refractivity contribution in [3.8, 4) is 0 Å². The highest BCUT2D eigenvalue weighted by Crippen LogP contribution is 2.42. The van der Waals surface area contributed by atoms with Crippen LogP contribution in [0.5, 0.6) is 0 Å². The summed E-state index contributed by atoms with van der Waals surface area (Å²) in [4.78, 5) is 12.6. The fourth-order valence-electron chi connectivity index (χ4n) is 2.52. The Morgan fingerprint density at radius 1 is 1.60 bits per heavy atom. The number of carbonyl (C=O) groups excluding carboxylic acids is 1. The van der Waals surface area contributed by atoms with Gasteiger partial charge in [0.15, 0.2) is 0 Å². The molecule has 112 valence electrons. The summed E-state index contributed by atoms with van der Waals surface area (Å²) < 4.78 is 28.6. The van der Waals surface area contributed by atoms with E-state index in [9.17, 15) is 13.6 Å². The molecule has 0 N–H and O–H groups in total. The summed E-state index contributed by atoms with van der Waals surface area (Å²) in [5.74, 6) is -3.13. The maximum Gasteiger partial charge on any atom is 0.251 e. The first-order valence-electron chi connectivity index (χ1n) is 6.87. The number of nitrogens with zero attached hydrogens (tertiary/aromatic N) is 4. The van der Waals surface area contributed by atoms with Gasteiger partial charge in [-0.3, -0.25) is 9.48 Å². The minimum Gasteiger partial charge on any atom is -0.340 e. The number of aryl methyl sites for hydroxylation is 1. The quantitative estimate of drug-likeness (QED) is 0.832. The van der Waals surface area contributed by atoms with Crippen LogP contribution in [-0.2, 0) is 17.9 Å². The Hall–Kier alpha value is -1.53. The molecule has 1 saturated carbocycles. The largest absolute Gasteiger partial charge is 0.340 e. The van der Waals surface area contributed by atoms with Crippen molar-refractivity contribution in [2.45, 2.75) is 51.6 Å². The summed E-state index contributed by atoms with van der Waals surface area (Å²) in [6.45, 7) is 2.30. The Balaban J connectivity index is 1.85. The molecule has 1 aromatic heterocycles. The second-order valence-electron chi connectivity index (χ2n) is 5.49. The van der Waals surface area contributed by atoms with E-state index in [1.165, 1.54) is 11.8 Å². The molecule has 1 unspecified atom stereocenters. The number of alkyl halides is 2. The van der Waals surface area contributed by atoms with Gasteiger partial charge in [-0.2, -0.15) is 0 Å². The fourth-order valence-corrected chi connectivity index (χ4v) is 2.52. The van der Waals surface area contributed by atoms with Gasteiger partial charge in [-0.1, -0.05) is 5.21 Å². The lowest BCUT2D eigenvalue weighted by Gasteiger charge is -2.18. The molecule has 1 aromatic rings. The average Bonchev–Trinajstić information content (AvgIpc) is 2.93. The van der Waals surface area contributed by atoms with Gasteiger partial charge in [0, 0.05) is 32.9 Å². The zero-order valence-electron chi connectivity index (χ0n) is 11.9. The lowest BCUT2D eigenvalue weighted by molar-refractivity contribution is -0.128. The van der Waals surface area contributed by atoms with Crippen LogP contribution >= 0.6 is 0 Å². The highest BCUT2D eigenvalue weighted by Gasteiger charge is 2.43. The van der Waals surface area contributed by atoms with E-state index in [1.54, 1.807) is 17.9 Å². The molecule has 1 aliphatic carbocycles. The Morgan fingerprint density at radius 3 is 2.95 bits per heavy atom. The first kappa shape index (κ1) is 14.9. The molecule has 20 heavy (non-hydrogen) atoms. The summed E-state index contributed by atoms with van der Waals surface area (Å²) in [7, 11) is 1.68. The van der Waals surface area contributed by atoms with Crippen molar-refractivity contribution in [1.82, 2.24) is 19.9 Å². The van der Waals surface area contributed by atoms with E-state index in [2.05, 4.69) is 10.3 Å². The SMILES string of the molecule is CC(=O)N(C)Cc1cn(CCC2CCCC2(F)F)nn1. The first-order chi connectivity index (χ1) is 9.38. The highest BCUT2D eigenvalue weighted by atomic mass is 19.3. The number of amides is 1. The van der Waals surface area contributed by atoms with E-state index >= 15 is 0 Å². The van der Waals surface area contributed by atoms with E-state index in [1.807, 2.05) is 0 Å². The van der Waals surface area contributed by atoms with Crippen LogP contribution in [0.2, 0.25) is 0 Å². The summed E-state index contributed by atoms with van der Waals surface area (Å²) in [5.41, 5.74) is 0.667. The van der Waals surface area contributed by atoms with Gasteiger partial charge in [0.25, 0.3) is 5.92 Å². The smallest absolute Gasteiger partial charge is 0.251 e. The van der Waals surface area contributed by atoms with Gasteiger partial charge in [0.2, 0.25) is 5.91 Å². The van der Waals surface area contributed by atoms with Crippen molar-refractivity contribution in [3.05, 3.63) is 11.9 Å². The van der Waals surface area contributed by atoms with Gasteiger partial charge in [-0.25, -0.2) is 8.78 Å². The molecule has 0 radical (unpaired) electrons. The van der Waals surface area contributed by atoms with Crippen molar-refractivity contribution in [1.29, 1.82) is 0 Å². The number of halogens is 2. The van der Waals surface area contributed by atoms with Crippen LogP contribution in [0.1, 0.15) is 38.3 Å². The van der Waals surface area contributed by atoms with Crippen molar-refractivity contribution in [2.75, 3.05) is 7.05 Å². The van der Waals surface area contributed by atoms with Crippen LogP contribution in [0.4, 0.5) is 8.78 Å². The number of rotatable bonds is 5. The molecule has 0 spiro atoms. The van der Waals surface area contributed by atoms with E-state index in [4.69, 9.17) is 0 Å². The third-order valence-corrected chi connectivity index (χ3v) is 3.89. The zero-order valence-corrected chi connectivity index (χ0v) is 11.9. The third kappa shape index (κ3) is 3.52. The molecule has 7 heteroatoms. The van der Waals surface area contributed by atoms with E-state index in [0.29, 0.717) is 38.0 Å². The Morgan fingerprint density at radius 2 is 2.35 bits per heavy atom. The molecule has 0 saturated heterocycles.